The summed E-state index contributed by atoms with van der Waals surface area (Å²) < 4.78 is 22.5. The van der Waals surface area contributed by atoms with Gasteiger partial charge in [0.05, 0.1) is 16.0 Å². The van der Waals surface area contributed by atoms with Crippen LogP contribution in [-0.2, 0) is 14.8 Å². The zero-order chi connectivity index (χ0) is 15.1. The lowest BCUT2D eigenvalue weighted by Crippen LogP contribution is -2.46. The van der Waals surface area contributed by atoms with Crippen LogP contribution in [0.2, 0.25) is 5.02 Å². The SMILES string of the molecule is NS(=O)(=O)C1(c2cc(Cl)c[nH]c2=O)C=C(Br)C(Cl)=NC1. The molecule has 10 heteroatoms. The highest BCUT2D eigenvalue weighted by Gasteiger charge is 2.46. The molecule has 2 rings (SSSR count). The molecule has 0 fully saturated rings. The van der Waals surface area contributed by atoms with E-state index in [9.17, 15) is 13.2 Å². The number of pyridine rings is 1. The molecule has 0 saturated heterocycles. The van der Waals surface area contributed by atoms with Crippen LogP contribution in [0.3, 0.4) is 0 Å². The van der Waals surface area contributed by atoms with Crippen molar-refractivity contribution in [1.29, 1.82) is 0 Å². The Bertz CT molecular complexity index is 787. The van der Waals surface area contributed by atoms with Gasteiger partial charge in [-0.25, -0.2) is 13.6 Å². The van der Waals surface area contributed by atoms with Crippen molar-refractivity contribution in [2.45, 2.75) is 4.75 Å². The number of aromatic nitrogens is 1. The van der Waals surface area contributed by atoms with E-state index in [0.29, 0.717) is 0 Å². The minimum Gasteiger partial charge on any atom is -0.327 e. The summed E-state index contributed by atoms with van der Waals surface area (Å²) in [6, 6.07) is 1.25. The summed E-state index contributed by atoms with van der Waals surface area (Å²) in [5.41, 5.74) is -0.731. The number of dihydropyridines is 1. The average molecular weight is 401 g/mol. The number of sulfonamides is 1. The van der Waals surface area contributed by atoms with E-state index < -0.39 is 20.3 Å². The molecule has 1 aliphatic heterocycles. The van der Waals surface area contributed by atoms with Crippen LogP contribution in [0.1, 0.15) is 5.56 Å². The molecule has 2 heterocycles. The van der Waals surface area contributed by atoms with E-state index in [2.05, 4.69) is 25.9 Å². The molecule has 6 nitrogen and oxygen atoms in total. The second-order valence-electron chi connectivity index (χ2n) is 4.09. The molecule has 0 spiro atoms. The maximum Gasteiger partial charge on any atom is 0.253 e. The fourth-order valence-corrected chi connectivity index (χ4v) is 3.76. The molecule has 1 aliphatic rings. The van der Waals surface area contributed by atoms with Gasteiger partial charge in [-0.15, -0.1) is 0 Å². The molecule has 1 aromatic rings. The van der Waals surface area contributed by atoms with Gasteiger partial charge in [0.2, 0.25) is 10.0 Å². The van der Waals surface area contributed by atoms with Gasteiger partial charge in [0.15, 0.2) is 4.75 Å². The van der Waals surface area contributed by atoms with E-state index in [1.807, 2.05) is 0 Å². The second-order valence-corrected chi connectivity index (χ2v) is 7.56. The van der Waals surface area contributed by atoms with Crippen molar-refractivity contribution in [3.63, 3.8) is 0 Å². The van der Waals surface area contributed by atoms with Gasteiger partial charge in [-0.3, -0.25) is 9.79 Å². The first-order valence-corrected chi connectivity index (χ1v) is 8.26. The predicted molar refractivity (Wildman–Crippen MR) is 82.0 cm³/mol. The first kappa shape index (κ1) is 15.7. The fraction of sp³-hybridized carbons (Fsp3) is 0.200. The third-order valence-electron chi connectivity index (χ3n) is 2.84. The maximum absolute atomic E-state index is 12.0. The zero-order valence-corrected chi connectivity index (χ0v) is 13.6. The Hall–Kier alpha value is -0.670. The monoisotopic (exact) mass is 399 g/mol. The van der Waals surface area contributed by atoms with E-state index in [0.717, 1.165) is 0 Å². The van der Waals surface area contributed by atoms with Gasteiger partial charge in [0.25, 0.3) is 5.56 Å². The maximum atomic E-state index is 12.0. The van der Waals surface area contributed by atoms with Crippen LogP contribution >= 0.6 is 39.1 Å². The number of aliphatic imine (C=N–C) groups is 1. The number of nitrogens with two attached hydrogens (primary N) is 1. The van der Waals surface area contributed by atoms with Crippen molar-refractivity contribution in [2.75, 3.05) is 6.54 Å². The van der Waals surface area contributed by atoms with E-state index in [1.54, 1.807) is 0 Å². The van der Waals surface area contributed by atoms with Crippen molar-refractivity contribution in [3.05, 3.63) is 43.8 Å². The Morgan fingerprint density at radius 1 is 1.45 bits per heavy atom. The molecule has 0 radical (unpaired) electrons. The molecule has 3 N–H and O–H groups in total. The molecule has 0 aliphatic carbocycles. The number of primary sulfonamides is 1. The van der Waals surface area contributed by atoms with Crippen molar-refractivity contribution >= 4 is 54.3 Å². The van der Waals surface area contributed by atoms with E-state index >= 15 is 0 Å². The number of nitrogens with zero attached hydrogens (tertiary/aromatic N) is 1. The van der Waals surface area contributed by atoms with Gasteiger partial charge in [0, 0.05) is 11.8 Å². The van der Waals surface area contributed by atoms with Gasteiger partial charge in [0.1, 0.15) is 5.17 Å². The summed E-state index contributed by atoms with van der Waals surface area (Å²) in [6.45, 7) is -0.302. The number of nitrogens with one attached hydrogen (secondary N) is 1. The Morgan fingerprint density at radius 2 is 2.10 bits per heavy atom. The lowest BCUT2D eigenvalue weighted by atomic mass is 9.97. The standard InChI is InChI=1S/C10H8BrCl2N3O3S/c11-7-2-10(20(14,18)19,4-16-8(7)13)6-1-5(12)3-15-9(6)17/h1-3H,4H2,(H,15,17)(H2,14,18,19). The molecule has 0 amide bonds. The number of rotatable bonds is 2. The number of aromatic amines is 1. The summed E-state index contributed by atoms with van der Waals surface area (Å²) in [6.07, 6.45) is 2.50. The van der Waals surface area contributed by atoms with Gasteiger partial charge in [-0.05, 0) is 28.1 Å². The highest BCUT2D eigenvalue weighted by molar-refractivity contribution is 9.12. The third-order valence-corrected chi connectivity index (χ3v) is 5.70. The minimum atomic E-state index is -4.19. The van der Waals surface area contributed by atoms with Crippen molar-refractivity contribution in [3.8, 4) is 0 Å². The summed E-state index contributed by atoms with van der Waals surface area (Å²) >= 11 is 14.7. The second kappa shape index (κ2) is 5.27. The topological polar surface area (TPSA) is 105 Å². The van der Waals surface area contributed by atoms with Crippen LogP contribution in [-0.4, -0.2) is 25.1 Å². The number of halogens is 3. The smallest absolute Gasteiger partial charge is 0.253 e. The molecule has 0 bridgehead atoms. The number of hydrogen-bond donors (Lipinski definition) is 2. The summed E-state index contributed by atoms with van der Waals surface area (Å²) in [5, 5.41) is 5.58. The van der Waals surface area contributed by atoms with E-state index in [4.69, 9.17) is 28.3 Å². The third kappa shape index (κ3) is 2.58. The minimum absolute atomic E-state index is 0.0998. The fourth-order valence-electron chi connectivity index (χ4n) is 1.83. The lowest BCUT2D eigenvalue weighted by molar-refractivity contribution is 0.559. The Morgan fingerprint density at radius 3 is 2.65 bits per heavy atom. The highest BCUT2D eigenvalue weighted by Crippen LogP contribution is 2.36. The molecule has 1 unspecified atom stereocenters. The van der Waals surface area contributed by atoms with Crippen LogP contribution in [0.5, 0.6) is 0 Å². The molecule has 108 valence electrons. The lowest BCUT2D eigenvalue weighted by Gasteiger charge is -2.29. The molecular formula is C10H8BrCl2N3O3S. The summed E-state index contributed by atoms with van der Waals surface area (Å²) in [4.78, 5) is 18.2. The van der Waals surface area contributed by atoms with E-state index in [-0.39, 0.29) is 26.8 Å². The predicted octanol–water partition coefficient (Wildman–Crippen LogP) is 1.44. The number of hydrogen-bond acceptors (Lipinski definition) is 4. The summed E-state index contributed by atoms with van der Waals surface area (Å²) in [7, 11) is -4.19. The van der Waals surface area contributed by atoms with Gasteiger partial charge in [-0.1, -0.05) is 23.2 Å². The van der Waals surface area contributed by atoms with Crippen LogP contribution in [0.4, 0.5) is 0 Å². The number of H-pyrrole nitrogens is 1. The van der Waals surface area contributed by atoms with Gasteiger partial charge < -0.3 is 4.98 Å². The molecule has 20 heavy (non-hydrogen) atoms. The normalized spacial score (nSPS) is 23.2. The molecule has 0 aromatic carbocycles. The zero-order valence-electron chi connectivity index (χ0n) is 9.73. The quantitative estimate of drug-likeness (QED) is 0.784. The first-order valence-electron chi connectivity index (χ1n) is 5.17. The van der Waals surface area contributed by atoms with Crippen LogP contribution in [0.15, 0.2) is 32.6 Å². The average Bonchev–Trinajstić information content (AvgIpc) is 2.34. The Kier molecular flexibility index (Phi) is 4.14. The molecular weight excluding hydrogens is 393 g/mol. The molecule has 1 atom stereocenters. The van der Waals surface area contributed by atoms with E-state index in [1.165, 1.54) is 18.3 Å². The van der Waals surface area contributed by atoms with Crippen molar-refractivity contribution in [1.82, 2.24) is 4.98 Å². The van der Waals surface area contributed by atoms with Crippen molar-refractivity contribution < 1.29 is 8.42 Å². The Balaban J connectivity index is 2.81. The summed E-state index contributed by atoms with van der Waals surface area (Å²) in [5.74, 6) is 0. The number of allylic oxidation sites excluding steroid dienone is 1. The molecule has 0 saturated carbocycles. The van der Waals surface area contributed by atoms with Gasteiger partial charge >= 0.3 is 0 Å². The van der Waals surface area contributed by atoms with Crippen LogP contribution < -0.4 is 10.7 Å². The van der Waals surface area contributed by atoms with Crippen LogP contribution in [0.25, 0.3) is 0 Å². The highest BCUT2D eigenvalue weighted by atomic mass is 79.9. The van der Waals surface area contributed by atoms with Gasteiger partial charge in [-0.2, -0.15) is 0 Å². The first-order chi connectivity index (χ1) is 9.17. The largest absolute Gasteiger partial charge is 0.327 e. The van der Waals surface area contributed by atoms with Crippen molar-refractivity contribution in [2.24, 2.45) is 10.1 Å². The van der Waals surface area contributed by atoms with Crippen LogP contribution in [0, 0.1) is 0 Å². The Labute approximate surface area is 132 Å². The molecule has 1 aromatic heterocycles.